The molecule has 0 N–H and O–H groups in total. The molecule has 0 saturated heterocycles. The van der Waals surface area contributed by atoms with Gasteiger partial charge >= 0.3 is 5.97 Å². The zero-order chi connectivity index (χ0) is 16.0. The maximum atomic E-state index is 12.3. The molecule has 1 aromatic rings. The summed E-state index contributed by atoms with van der Waals surface area (Å²) < 4.78 is 20.3. The molecule has 21 heavy (non-hydrogen) atoms. The Morgan fingerprint density at radius 2 is 1.62 bits per heavy atom. The van der Waals surface area contributed by atoms with Crippen LogP contribution in [0.4, 0.5) is 0 Å². The third kappa shape index (κ3) is 3.87. The standard InChI is InChI=1S/C14H17BrO6/c1-5-21-14(17)11(15)12(16)8-6-9(18-2)13(20-4)10(7-8)19-3/h6-7,11H,5H2,1-4H3. The lowest BCUT2D eigenvalue weighted by Gasteiger charge is -2.14. The van der Waals surface area contributed by atoms with Crippen molar-refractivity contribution < 1.29 is 28.5 Å². The van der Waals surface area contributed by atoms with Crippen molar-refractivity contribution in [2.75, 3.05) is 27.9 Å². The molecule has 7 heteroatoms. The van der Waals surface area contributed by atoms with Crippen molar-refractivity contribution in [3.05, 3.63) is 17.7 Å². The highest BCUT2D eigenvalue weighted by Gasteiger charge is 2.28. The molecular weight excluding hydrogens is 344 g/mol. The third-order valence-electron chi connectivity index (χ3n) is 2.67. The molecule has 116 valence electrons. The normalized spacial score (nSPS) is 11.5. The van der Waals surface area contributed by atoms with E-state index in [1.165, 1.54) is 33.5 Å². The van der Waals surface area contributed by atoms with Gasteiger partial charge < -0.3 is 18.9 Å². The summed E-state index contributed by atoms with van der Waals surface area (Å²) in [5, 5.41) is 0. The summed E-state index contributed by atoms with van der Waals surface area (Å²) in [5.41, 5.74) is 0.249. The van der Waals surface area contributed by atoms with Crippen LogP contribution in [0.2, 0.25) is 0 Å². The third-order valence-corrected chi connectivity index (χ3v) is 3.46. The van der Waals surface area contributed by atoms with Gasteiger partial charge in [0.25, 0.3) is 0 Å². The van der Waals surface area contributed by atoms with E-state index in [1.807, 2.05) is 0 Å². The van der Waals surface area contributed by atoms with Crippen LogP contribution < -0.4 is 14.2 Å². The second-order valence-corrected chi connectivity index (χ2v) is 4.81. The summed E-state index contributed by atoms with van der Waals surface area (Å²) in [6.45, 7) is 1.87. The van der Waals surface area contributed by atoms with Gasteiger partial charge in [0.05, 0.1) is 27.9 Å². The fourth-order valence-corrected chi connectivity index (χ4v) is 2.09. The van der Waals surface area contributed by atoms with Crippen LogP contribution in [0.5, 0.6) is 17.2 Å². The van der Waals surface area contributed by atoms with Crippen molar-refractivity contribution in [2.45, 2.75) is 11.8 Å². The molecule has 0 bridgehead atoms. The molecule has 0 heterocycles. The van der Waals surface area contributed by atoms with Crippen molar-refractivity contribution in [3.63, 3.8) is 0 Å². The van der Waals surface area contributed by atoms with Crippen molar-refractivity contribution in [2.24, 2.45) is 0 Å². The number of hydrogen-bond acceptors (Lipinski definition) is 6. The largest absolute Gasteiger partial charge is 0.493 e. The first-order valence-corrected chi connectivity index (χ1v) is 7.06. The number of halogens is 1. The summed E-state index contributed by atoms with van der Waals surface area (Å²) >= 11 is 3.04. The molecule has 1 aromatic carbocycles. The van der Waals surface area contributed by atoms with E-state index in [0.29, 0.717) is 17.2 Å². The van der Waals surface area contributed by atoms with Gasteiger partial charge in [-0.1, -0.05) is 15.9 Å². The lowest BCUT2D eigenvalue weighted by Crippen LogP contribution is -2.26. The van der Waals surface area contributed by atoms with Gasteiger partial charge in [-0.05, 0) is 19.1 Å². The number of ketones is 1. The predicted octanol–water partition coefficient (Wildman–Crippen LogP) is 2.22. The van der Waals surface area contributed by atoms with Crippen LogP contribution in [0.3, 0.4) is 0 Å². The molecular formula is C14H17BrO6. The molecule has 0 saturated carbocycles. The molecule has 1 unspecified atom stereocenters. The molecule has 0 radical (unpaired) electrons. The molecule has 0 aliphatic carbocycles. The summed E-state index contributed by atoms with van der Waals surface area (Å²) in [4.78, 5) is 22.8. The van der Waals surface area contributed by atoms with Gasteiger partial charge in [0.15, 0.2) is 22.1 Å². The molecule has 0 spiro atoms. The van der Waals surface area contributed by atoms with E-state index < -0.39 is 16.6 Å². The van der Waals surface area contributed by atoms with Gasteiger partial charge in [0, 0.05) is 5.56 Å². The Balaban J connectivity index is 3.18. The van der Waals surface area contributed by atoms with Gasteiger partial charge in [0.1, 0.15) is 0 Å². The van der Waals surface area contributed by atoms with Gasteiger partial charge in [-0.25, -0.2) is 0 Å². The fraction of sp³-hybridized carbons (Fsp3) is 0.429. The summed E-state index contributed by atoms with van der Waals surface area (Å²) in [6, 6.07) is 2.97. The van der Waals surface area contributed by atoms with Crippen molar-refractivity contribution >= 4 is 27.7 Å². The van der Waals surface area contributed by atoms with Crippen LogP contribution in [-0.2, 0) is 9.53 Å². The van der Waals surface area contributed by atoms with Crippen LogP contribution in [0.15, 0.2) is 12.1 Å². The van der Waals surface area contributed by atoms with Gasteiger partial charge in [0.2, 0.25) is 5.75 Å². The highest BCUT2D eigenvalue weighted by Crippen LogP contribution is 2.38. The van der Waals surface area contributed by atoms with Crippen LogP contribution >= 0.6 is 15.9 Å². The van der Waals surface area contributed by atoms with Gasteiger partial charge in [-0.2, -0.15) is 0 Å². The molecule has 0 aliphatic heterocycles. The monoisotopic (exact) mass is 360 g/mol. The summed E-state index contributed by atoms with van der Waals surface area (Å²) in [6.07, 6.45) is 0. The number of benzene rings is 1. The molecule has 6 nitrogen and oxygen atoms in total. The Morgan fingerprint density at radius 3 is 2.00 bits per heavy atom. The predicted molar refractivity (Wildman–Crippen MR) is 79.8 cm³/mol. The van der Waals surface area contributed by atoms with E-state index in [1.54, 1.807) is 6.92 Å². The van der Waals surface area contributed by atoms with E-state index in [0.717, 1.165) is 0 Å². The molecule has 1 atom stereocenters. The quantitative estimate of drug-likeness (QED) is 0.321. The van der Waals surface area contributed by atoms with E-state index in [9.17, 15) is 9.59 Å². The topological polar surface area (TPSA) is 71.1 Å². The molecule has 0 aliphatic rings. The number of carbonyl (C=O) groups excluding carboxylic acids is 2. The Hall–Kier alpha value is -1.76. The zero-order valence-electron chi connectivity index (χ0n) is 12.3. The van der Waals surface area contributed by atoms with E-state index >= 15 is 0 Å². The highest BCUT2D eigenvalue weighted by molar-refractivity contribution is 9.10. The van der Waals surface area contributed by atoms with E-state index in [-0.39, 0.29) is 12.2 Å². The first kappa shape index (κ1) is 17.3. The molecule has 1 rings (SSSR count). The summed E-state index contributed by atoms with van der Waals surface area (Å²) in [5.74, 6) is -0.0460. The SMILES string of the molecule is CCOC(=O)C(Br)C(=O)c1cc(OC)c(OC)c(OC)c1. The van der Waals surface area contributed by atoms with E-state index in [2.05, 4.69) is 15.9 Å². The Morgan fingerprint density at radius 1 is 1.10 bits per heavy atom. The van der Waals surface area contributed by atoms with Crippen molar-refractivity contribution in [1.29, 1.82) is 0 Å². The lowest BCUT2D eigenvalue weighted by atomic mass is 10.1. The fourth-order valence-electron chi connectivity index (χ4n) is 1.69. The zero-order valence-corrected chi connectivity index (χ0v) is 13.9. The smallest absolute Gasteiger partial charge is 0.327 e. The van der Waals surface area contributed by atoms with Crippen molar-refractivity contribution in [3.8, 4) is 17.2 Å². The van der Waals surface area contributed by atoms with Crippen LogP contribution in [0.1, 0.15) is 17.3 Å². The number of alkyl halides is 1. The number of ether oxygens (including phenoxy) is 4. The summed E-state index contributed by atoms with van der Waals surface area (Å²) in [7, 11) is 4.36. The first-order chi connectivity index (χ1) is 9.99. The molecule has 0 amide bonds. The Kier molecular flexibility index (Phi) is 6.48. The number of Topliss-reactive ketones (excluding diaryl/α,β-unsaturated/α-hetero) is 1. The minimum atomic E-state index is -1.08. The second kappa shape index (κ2) is 7.87. The second-order valence-electron chi connectivity index (χ2n) is 3.89. The number of esters is 1. The number of methoxy groups -OCH3 is 3. The minimum Gasteiger partial charge on any atom is -0.493 e. The van der Waals surface area contributed by atoms with Crippen LogP contribution in [0.25, 0.3) is 0 Å². The minimum absolute atomic E-state index is 0.198. The highest BCUT2D eigenvalue weighted by atomic mass is 79.9. The van der Waals surface area contributed by atoms with E-state index in [4.69, 9.17) is 18.9 Å². The maximum Gasteiger partial charge on any atom is 0.327 e. The average Bonchev–Trinajstić information content (AvgIpc) is 2.51. The van der Waals surface area contributed by atoms with Crippen LogP contribution in [0, 0.1) is 0 Å². The first-order valence-electron chi connectivity index (χ1n) is 6.15. The average molecular weight is 361 g/mol. The number of hydrogen-bond donors (Lipinski definition) is 0. The van der Waals surface area contributed by atoms with Gasteiger partial charge in [-0.3, -0.25) is 9.59 Å². The number of carbonyl (C=O) groups is 2. The molecule has 0 fully saturated rings. The maximum absolute atomic E-state index is 12.3. The van der Waals surface area contributed by atoms with Gasteiger partial charge in [-0.15, -0.1) is 0 Å². The Labute approximate surface area is 131 Å². The van der Waals surface area contributed by atoms with Crippen molar-refractivity contribution in [1.82, 2.24) is 0 Å². The Bertz CT molecular complexity index is 503. The van der Waals surface area contributed by atoms with Crippen LogP contribution in [-0.4, -0.2) is 44.5 Å². The lowest BCUT2D eigenvalue weighted by molar-refractivity contribution is -0.141. The number of rotatable bonds is 7. The molecule has 0 aromatic heterocycles.